The first-order chi connectivity index (χ1) is 11.0. The van der Waals surface area contributed by atoms with Crippen LogP contribution in [0.1, 0.15) is 22.8 Å². The van der Waals surface area contributed by atoms with Crippen molar-refractivity contribution in [1.82, 2.24) is 5.32 Å². The zero-order valence-corrected chi connectivity index (χ0v) is 12.4. The Hall–Kier alpha value is -2.76. The monoisotopic (exact) mass is 319 g/mol. The summed E-state index contributed by atoms with van der Waals surface area (Å²) >= 11 is 0. The molecule has 1 unspecified atom stereocenters. The Morgan fingerprint density at radius 1 is 1.04 bits per heavy atom. The van der Waals surface area contributed by atoms with Crippen LogP contribution in [0.2, 0.25) is 0 Å². The molecule has 0 fully saturated rings. The van der Waals surface area contributed by atoms with Gasteiger partial charge in [0.1, 0.15) is 17.2 Å². The smallest absolute Gasteiger partial charge is 0.344 e. The topological polar surface area (TPSA) is 55.4 Å². The second kappa shape index (κ2) is 7.49. The third kappa shape index (κ3) is 4.35. The molecule has 0 bridgehead atoms. The number of carbonyl (C=O) groups is 2. The van der Waals surface area contributed by atoms with Crippen molar-refractivity contribution in [2.24, 2.45) is 0 Å². The highest BCUT2D eigenvalue weighted by atomic mass is 19.1. The van der Waals surface area contributed by atoms with Gasteiger partial charge in [-0.25, -0.2) is 13.6 Å². The van der Waals surface area contributed by atoms with Gasteiger partial charge in [0.25, 0.3) is 5.91 Å². The van der Waals surface area contributed by atoms with E-state index in [1.807, 2.05) is 30.3 Å². The second-order valence-corrected chi connectivity index (χ2v) is 4.85. The van der Waals surface area contributed by atoms with Crippen molar-refractivity contribution in [3.63, 3.8) is 0 Å². The van der Waals surface area contributed by atoms with E-state index in [1.165, 1.54) is 6.92 Å². The van der Waals surface area contributed by atoms with Crippen molar-refractivity contribution in [3.05, 3.63) is 71.3 Å². The highest BCUT2D eigenvalue weighted by molar-refractivity contribution is 5.92. The van der Waals surface area contributed by atoms with Crippen LogP contribution in [0, 0.1) is 11.6 Å². The first-order valence-corrected chi connectivity index (χ1v) is 6.95. The first-order valence-electron chi connectivity index (χ1n) is 6.95. The van der Waals surface area contributed by atoms with Gasteiger partial charge in [-0.3, -0.25) is 4.79 Å². The molecule has 0 aliphatic carbocycles. The molecule has 2 rings (SSSR count). The zero-order chi connectivity index (χ0) is 16.8. The fraction of sp³-hybridized carbons (Fsp3) is 0.176. The minimum absolute atomic E-state index is 0.260. The lowest BCUT2D eigenvalue weighted by atomic mass is 10.2. The molecule has 0 aromatic heterocycles. The SMILES string of the molecule is CC(OC(=O)c1c(F)cccc1F)C(=O)NCc1ccccc1. The summed E-state index contributed by atoms with van der Waals surface area (Å²) in [5, 5.41) is 2.58. The molecule has 0 aliphatic rings. The van der Waals surface area contributed by atoms with Crippen molar-refractivity contribution in [1.29, 1.82) is 0 Å². The summed E-state index contributed by atoms with van der Waals surface area (Å²) in [5.41, 5.74) is 0.0646. The largest absolute Gasteiger partial charge is 0.449 e. The first kappa shape index (κ1) is 16.6. The molecule has 120 valence electrons. The minimum Gasteiger partial charge on any atom is -0.449 e. The van der Waals surface area contributed by atoms with E-state index in [0.29, 0.717) is 0 Å². The Balaban J connectivity index is 1.94. The predicted molar refractivity (Wildman–Crippen MR) is 79.5 cm³/mol. The molecule has 0 heterocycles. The molecule has 1 amide bonds. The van der Waals surface area contributed by atoms with E-state index >= 15 is 0 Å². The van der Waals surface area contributed by atoms with Gasteiger partial charge in [0.2, 0.25) is 0 Å². The quantitative estimate of drug-likeness (QED) is 0.862. The van der Waals surface area contributed by atoms with E-state index in [2.05, 4.69) is 5.32 Å². The highest BCUT2D eigenvalue weighted by Gasteiger charge is 2.23. The lowest BCUT2D eigenvalue weighted by Crippen LogP contribution is -2.35. The molecular formula is C17H15F2NO3. The molecule has 0 saturated carbocycles. The molecule has 1 N–H and O–H groups in total. The third-order valence-electron chi connectivity index (χ3n) is 3.13. The maximum Gasteiger partial charge on any atom is 0.344 e. The van der Waals surface area contributed by atoms with Gasteiger partial charge in [0.15, 0.2) is 6.10 Å². The fourth-order valence-electron chi connectivity index (χ4n) is 1.89. The van der Waals surface area contributed by atoms with Crippen molar-refractivity contribution in [3.8, 4) is 0 Å². The Morgan fingerprint density at radius 3 is 2.26 bits per heavy atom. The van der Waals surface area contributed by atoms with E-state index in [-0.39, 0.29) is 6.54 Å². The number of esters is 1. The van der Waals surface area contributed by atoms with Gasteiger partial charge in [-0.05, 0) is 24.6 Å². The summed E-state index contributed by atoms with van der Waals surface area (Å²) in [4.78, 5) is 23.7. The maximum atomic E-state index is 13.5. The maximum absolute atomic E-state index is 13.5. The molecule has 6 heteroatoms. The summed E-state index contributed by atoms with van der Waals surface area (Å²) in [6.07, 6.45) is -1.18. The van der Waals surface area contributed by atoms with E-state index < -0.39 is 35.2 Å². The van der Waals surface area contributed by atoms with Gasteiger partial charge >= 0.3 is 5.97 Å². The van der Waals surface area contributed by atoms with Gasteiger partial charge in [-0.15, -0.1) is 0 Å². The molecule has 2 aromatic rings. The summed E-state index contributed by atoms with van der Waals surface area (Å²) in [6, 6.07) is 12.2. The van der Waals surface area contributed by atoms with Crippen molar-refractivity contribution in [2.75, 3.05) is 0 Å². The van der Waals surface area contributed by atoms with E-state index in [0.717, 1.165) is 23.8 Å². The van der Waals surface area contributed by atoms with Crippen LogP contribution >= 0.6 is 0 Å². The Morgan fingerprint density at radius 2 is 1.65 bits per heavy atom. The zero-order valence-electron chi connectivity index (χ0n) is 12.4. The average molecular weight is 319 g/mol. The minimum atomic E-state index is -1.22. The summed E-state index contributed by atoms with van der Waals surface area (Å²) in [7, 11) is 0. The van der Waals surface area contributed by atoms with Crippen molar-refractivity contribution < 1.29 is 23.1 Å². The molecule has 2 aromatic carbocycles. The molecule has 0 aliphatic heterocycles. The number of halogens is 2. The normalized spacial score (nSPS) is 11.6. The molecule has 23 heavy (non-hydrogen) atoms. The lowest BCUT2D eigenvalue weighted by Gasteiger charge is -2.14. The van der Waals surface area contributed by atoms with Gasteiger partial charge < -0.3 is 10.1 Å². The van der Waals surface area contributed by atoms with E-state index in [9.17, 15) is 18.4 Å². The van der Waals surface area contributed by atoms with E-state index in [4.69, 9.17) is 4.74 Å². The highest BCUT2D eigenvalue weighted by Crippen LogP contribution is 2.14. The number of amides is 1. The fourth-order valence-corrected chi connectivity index (χ4v) is 1.89. The Kier molecular flexibility index (Phi) is 5.41. The number of carbonyl (C=O) groups excluding carboxylic acids is 2. The molecular weight excluding hydrogens is 304 g/mol. The molecule has 1 atom stereocenters. The third-order valence-corrected chi connectivity index (χ3v) is 3.13. The molecule has 4 nitrogen and oxygen atoms in total. The number of ether oxygens (including phenoxy) is 1. The number of hydrogen-bond donors (Lipinski definition) is 1. The van der Waals surface area contributed by atoms with Gasteiger partial charge in [-0.2, -0.15) is 0 Å². The summed E-state index contributed by atoms with van der Waals surface area (Å²) < 4.78 is 31.8. The van der Waals surface area contributed by atoms with Crippen LogP contribution in [0.15, 0.2) is 48.5 Å². The lowest BCUT2D eigenvalue weighted by molar-refractivity contribution is -0.129. The van der Waals surface area contributed by atoms with Gasteiger partial charge in [0, 0.05) is 6.54 Å². The van der Waals surface area contributed by atoms with Gasteiger partial charge in [0.05, 0.1) is 0 Å². The van der Waals surface area contributed by atoms with Crippen LogP contribution in [0.25, 0.3) is 0 Å². The van der Waals surface area contributed by atoms with Crippen molar-refractivity contribution >= 4 is 11.9 Å². The number of nitrogens with one attached hydrogen (secondary N) is 1. The van der Waals surface area contributed by atoms with Crippen molar-refractivity contribution in [2.45, 2.75) is 19.6 Å². The standard InChI is InChI=1S/C17H15F2NO3/c1-11(16(21)20-10-12-6-3-2-4-7-12)23-17(22)15-13(18)8-5-9-14(15)19/h2-9,11H,10H2,1H3,(H,20,21). The molecule has 0 spiro atoms. The van der Waals surface area contributed by atoms with Crippen LogP contribution in [-0.4, -0.2) is 18.0 Å². The number of rotatable bonds is 5. The Bertz CT molecular complexity index is 684. The van der Waals surface area contributed by atoms with Crippen LogP contribution < -0.4 is 5.32 Å². The van der Waals surface area contributed by atoms with Gasteiger partial charge in [-0.1, -0.05) is 36.4 Å². The molecule has 0 saturated heterocycles. The average Bonchev–Trinajstić information content (AvgIpc) is 2.53. The van der Waals surface area contributed by atoms with E-state index in [1.54, 1.807) is 0 Å². The summed E-state index contributed by atoms with van der Waals surface area (Å²) in [5.74, 6) is -3.85. The second-order valence-electron chi connectivity index (χ2n) is 4.85. The van der Waals surface area contributed by atoms with Crippen LogP contribution in [0.4, 0.5) is 8.78 Å². The number of hydrogen-bond acceptors (Lipinski definition) is 3. The summed E-state index contributed by atoms with van der Waals surface area (Å²) in [6.45, 7) is 1.59. The number of benzene rings is 2. The predicted octanol–water partition coefficient (Wildman–Crippen LogP) is 2.83. The van der Waals surface area contributed by atoms with Crippen LogP contribution in [-0.2, 0) is 16.1 Å². The van der Waals surface area contributed by atoms with Crippen LogP contribution in [0.3, 0.4) is 0 Å². The Labute approximate surface area is 132 Å². The molecule has 0 radical (unpaired) electrons. The van der Waals surface area contributed by atoms with Crippen LogP contribution in [0.5, 0.6) is 0 Å².